The number of nitrogens with two attached hydrogens (primary N) is 1. The second-order valence-corrected chi connectivity index (χ2v) is 3.92. The van der Waals surface area contributed by atoms with Gasteiger partial charge >= 0.3 is 5.56 Å². The average Bonchev–Trinajstić information content (AvgIpc) is 2.25. The molecule has 1 heterocycles. The first-order chi connectivity index (χ1) is 7.66. The summed E-state index contributed by atoms with van der Waals surface area (Å²) < 4.78 is 6.13. The van der Waals surface area contributed by atoms with E-state index in [4.69, 9.17) is 10.5 Å². The molecular formula is C10H8BrN3O2. The van der Waals surface area contributed by atoms with E-state index < -0.39 is 5.56 Å². The van der Waals surface area contributed by atoms with Crippen molar-refractivity contribution < 1.29 is 4.74 Å². The lowest BCUT2D eigenvalue weighted by Crippen LogP contribution is -2.09. The SMILES string of the molecule is Nc1cc(Br)ccc1Oc1ncc[nH]c1=O. The molecule has 0 unspecified atom stereocenters. The highest BCUT2D eigenvalue weighted by atomic mass is 79.9. The quantitative estimate of drug-likeness (QED) is 0.824. The van der Waals surface area contributed by atoms with Gasteiger partial charge in [-0.05, 0) is 18.2 Å². The van der Waals surface area contributed by atoms with Crippen LogP contribution < -0.4 is 16.0 Å². The molecule has 0 aliphatic heterocycles. The molecule has 1 aromatic carbocycles. The number of rotatable bonds is 2. The molecule has 5 nitrogen and oxygen atoms in total. The number of hydrogen-bond donors (Lipinski definition) is 2. The van der Waals surface area contributed by atoms with Crippen molar-refractivity contribution in [2.45, 2.75) is 0 Å². The number of ether oxygens (including phenoxy) is 1. The summed E-state index contributed by atoms with van der Waals surface area (Å²) in [5.41, 5.74) is 5.76. The number of aromatic amines is 1. The van der Waals surface area contributed by atoms with E-state index in [1.807, 2.05) is 0 Å². The van der Waals surface area contributed by atoms with E-state index >= 15 is 0 Å². The van der Waals surface area contributed by atoms with Gasteiger partial charge < -0.3 is 15.5 Å². The lowest BCUT2D eigenvalue weighted by molar-refractivity contribution is 0.456. The van der Waals surface area contributed by atoms with E-state index in [9.17, 15) is 4.79 Å². The first-order valence-electron chi connectivity index (χ1n) is 4.43. The molecule has 16 heavy (non-hydrogen) atoms. The van der Waals surface area contributed by atoms with Crippen LogP contribution in [0.4, 0.5) is 5.69 Å². The summed E-state index contributed by atoms with van der Waals surface area (Å²) in [5, 5.41) is 0. The van der Waals surface area contributed by atoms with Crippen molar-refractivity contribution in [3.05, 3.63) is 45.4 Å². The molecule has 6 heteroatoms. The standard InChI is InChI=1S/C10H8BrN3O2/c11-6-1-2-8(7(12)5-6)16-10-9(15)13-3-4-14-10/h1-5H,12H2,(H,13,15). The molecule has 0 saturated carbocycles. The molecule has 82 valence electrons. The molecule has 0 amide bonds. The maximum atomic E-state index is 11.3. The average molecular weight is 282 g/mol. The Morgan fingerprint density at radius 2 is 2.25 bits per heavy atom. The van der Waals surface area contributed by atoms with Crippen molar-refractivity contribution in [1.29, 1.82) is 0 Å². The molecule has 0 spiro atoms. The second kappa shape index (κ2) is 4.36. The van der Waals surface area contributed by atoms with Crippen LogP contribution in [0.5, 0.6) is 11.6 Å². The van der Waals surface area contributed by atoms with Crippen LogP contribution in [0.15, 0.2) is 39.9 Å². The Kier molecular flexibility index (Phi) is 2.91. The molecule has 3 N–H and O–H groups in total. The summed E-state index contributed by atoms with van der Waals surface area (Å²) in [7, 11) is 0. The van der Waals surface area contributed by atoms with Crippen molar-refractivity contribution in [1.82, 2.24) is 9.97 Å². The maximum Gasteiger partial charge on any atom is 0.311 e. The summed E-state index contributed by atoms with van der Waals surface area (Å²) in [5.74, 6) is 0.365. The van der Waals surface area contributed by atoms with Crippen LogP contribution in [0.3, 0.4) is 0 Å². The minimum atomic E-state index is -0.398. The van der Waals surface area contributed by atoms with E-state index in [-0.39, 0.29) is 5.88 Å². The summed E-state index contributed by atoms with van der Waals surface area (Å²) in [4.78, 5) is 17.6. The minimum absolute atomic E-state index is 0.0310. The maximum absolute atomic E-state index is 11.3. The zero-order valence-corrected chi connectivity index (χ0v) is 9.69. The second-order valence-electron chi connectivity index (χ2n) is 3.01. The fourth-order valence-electron chi connectivity index (χ4n) is 1.13. The Hall–Kier alpha value is -1.82. The highest BCUT2D eigenvalue weighted by Crippen LogP contribution is 2.27. The summed E-state index contributed by atoms with van der Waals surface area (Å²) in [6, 6.07) is 5.11. The van der Waals surface area contributed by atoms with Gasteiger partial charge in [-0.2, -0.15) is 0 Å². The van der Waals surface area contributed by atoms with Gasteiger partial charge in [0.15, 0.2) is 5.75 Å². The highest BCUT2D eigenvalue weighted by molar-refractivity contribution is 9.10. The van der Waals surface area contributed by atoms with Crippen LogP contribution in [0.2, 0.25) is 0 Å². The predicted molar refractivity (Wildman–Crippen MR) is 63.5 cm³/mol. The fraction of sp³-hybridized carbons (Fsp3) is 0. The zero-order valence-electron chi connectivity index (χ0n) is 8.11. The van der Waals surface area contributed by atoms with Gasteiger partial charge in [0.1, 0.15) is 0 Å². The largest absolute Gasteiger partial charge is 0.432 e. The molecular weight excluding hydrogens is 274 g/mol. The van der Waals surface area contributed by atoms with Crippen molar-refractivity contribution in [3.8, 4) is 11.6 Å². The molecule has 2 aromatic rings. The Morgan fingerprint density at radius 3 is 2.94 bits per heavy atom. The van der Waals surface area contributed by atoms with Gasteiger partial charge in [0.25, 0.3) is 5.88 Å². The number of halogens is 1. The number of aromatic nitrogens is 2. The molecule has 0 aliphatic carbocycles. The van der Waals surface area contributed by atoms with Crippen LogP contribution >= 0.6 is 15.9 Å². The van der Waals surface area contributed by atoms with Crippen LogP contribution in [0.1, 0.15) is 0 Å². The third-order valence-electron chi connectivity index (χ3n) is 1.85. The predicted octanol–water partition coefficient (Wildman–Crippen LogP) is 1.91. The Bertz CT molecular complexity index is 568. The van der Waals surface area contributed by atoms with Gasteiger partial charge in [-0.1, -0.05) is 15.9 Å². The van der Waals surface area contributed by atoms with E-state index in [1.54, 1.807) is 18.2 Å². The molecule has 0 saturated heterocycles. The topological polar surface area (TPSA) is 81.0 Å². The number of nitrogens with one attached hydrogen (secondary N) is 1. The van der Waals surface area contributed by atoms with Gasteiger partial charge in [-0.3, -0.25) is 4.79 Å². The van der Waals surface area contributed by atoms with Gasteiger partial charge in [0, 0.05) is 16.9 Å². The van der Waals surface area contributed by atoms with Gasteiger partial charge in [0.05, 0.1) is 5.69 Å². The number of H-pyrrole nitrogens is 1. The van der Waals surface area contributed by atoms with E-state index in [2.05, 4.69) is 25.9 Å². The Labute approximate surface area is 99.4 Å². The number of benzene rings is 1. The Balaban J connectivity index is 2.35. The minimum Gasteiger partial charge on any atom is -0.432 e. The highest BCUT2D eigenvalue weighted by Gasteiger charge is 2.06. The summed E-state index contributed by atoms with van der Waals surface area (Å²) >= 11 is 3.28. The van der Waals surface area contributed by atoms with Crippen LogP contribution in [-0.4, -0.2) is 9.97 Å². The molecule has 1 aromatic heterocycles. The number of anilines is 1. The van der Waals surface area contributed by atoms with Crippen LogP contribution in [0.25, 0.3) is 0 Å². The lowest BCUT2D eigenvalue weighted by atomic mass is 10.3. The van der Waals surface area contributed by atoms with Crippen molar-refractivity contribution in [2.24, 2.45) is 0 Å². The van der Waals surface area contributed by atoms with Crippen molar-refractivity contribution >= 4 is 21.6 Å². The molecule has 0 fully saturated rings. The third kappa shape index (κ3) is 2.22. The number of nitrogen functional groups attached to an aromatic ring is 1. The smallest absolute Gasteiger partial charge is 0.311 e. The first-order valence-corrected chi connectivity index (χ1v) is 5.22. The zero-order chi connectivity index (χ0) is 11.5. The molecule has 2 rings (SSSR count). The van der Waals surface area contributed by atoms with Crippen LogP contribution in [0, 0.1) is 0 Å². The lowest BCUT2D eigenvalue weighted by Gasteiger charge is -2.06. The summed E-state index contributed by atoms with van der Waals surface area (Å²) in [6.45, 7) is 0. The number of nitrogens with zero attached hydrogens (tertiary/aromatic N) is 1. The first kappa shape index (κ1) is 10.7. The van der Waals surface area contributed by atoms with E-state index in [1.165, 1.54) is 12.4 Å². The molecule has 0 atom stereocenters. The molecule has 0 bridgehead atoms. The summed E-state index contributed by atoms with van der Waals surface area (Å²) in [6.07, 6.45) is 2.87. The van der Waals surface area contributed by atoms with Crippen molar-refractivity contribution in [3.63, 3.8) is 0 Å². The Morgan fingerprint density at radius 1 is 1.44 bits per heavy atom. The van der Waals surface area contributed by atoms with Crippen molar-refractivity contribution in [2.75, 3.05) is 5.73 Å². The van der Waals surface area contributed by atoms with E-state index in [0.29, 0.717) is 11.4 Å². The molecule has 0 aliphatic rings. The van der Waals surface area contributed by atoms with Gasteiger partial charge in [-0.15, -0.1) is 0 Å². The monoisotopic (exact) mass is 281 g/mol. The van der Waals surface area contributed by atoms with Gasteiger partial charge in [-0.25, -0.2) is 4.98 Å². The van der Waals surface area contributed by atoms with E-state index in [0.717, 1.165) is 4.47 Å². The third-order valence-corrected chi connectivity index (χ3v) is 2.35. The molecule has 0 radical (unpaired) electrons. The number of hydrogen-bond acceptors (Lipinski definition) is 4. The normalized spacial score (nSPS) is 10.1. The van der Waals surface area contributed by atoms with Crippen LogP contribution in [-0.2, 0) is 0 Å². The fourth-order valence-corrected chi connectivity index (χ4v) is 1.51. The van der Waals surface area contributed by atoms with Gasteiger partial charge in [0.2, 0.25) is 0 Å².